The predicted molar refractivity (Wildman–Crippen MR) is 432 cm³/mol. The maximum atomic E-state index is 13.2. The van der Waals surface area contributed by atoms with E-state index in [4.69, 9.17) is 37.0 Å². The van der Waals surface area contributed by atoms with Crippen molar-refractivity contribution in [3.8, 4) is 0 Å². The lowest BCUT2D eigenvalue weighted by atomic mass is 9.99. The first-order chi connectivity index (χ1) is 51.1. The maximum Gasteiger partial charge on any atom is 0.472 e. The van der Waals surface area contributed by atoms with Gasteiger partial charge in [0, 0.05) is 25.7 Å². The van der Waals surface area contributed by atoms with Crippen molar-refractivity contribution in [3.05, 3.63) is 0 Å². The molecule has 0 aromatic rings. The zero-order valence-corrected chi connectivity index (χ0v) is 70.7. The molecule has 0 fully saturated rings. The zero-order valence-electron chi connectivity index (χ0n) is 68.9. The van der Waals surface area contributed by atoms with Crippen molar-refractivity contribution in [2.45, 2.75) is 483 Å². The van der Waals surface area contributed by atoms with Gasteiger partial charge in [0.05, 0.1) is 26.4 Å². The van der Waals surface area contributed by atoms with Crippen LogP contribution in [0.2, 0.25) is 0 Å². The Hall–Kier alpha value is -1.94. The summed E-state index contributed by atoms with van der Waals surface area (Å²) in [7, 11) is -9.93. The minimum atomic E-state index is -4.97. The molecule has 0 aliphatic heterocycles. The van der Waals surface area contributed by atoms with E-state index in [9.17, 15) is 43.2 Å². The van der Waals surface area contributed by atoms with E-state index in [1.54, 1.807) is 0 Å². The number of ether oxygens (including phenoxy) is 4. The van der Waals surface area contributed by atoms with Crippen LogP contribution in [0.4, 0.5) is 0 Å². The lowest BCUT2D eigenvalue weighted by molar-refractivity contribution is -0.161. The Morgan fingerprint density at radius 2 is 0.457 bits per heavy atom. The van der Waals surface area contributed by atoms with Crippen molar-refractivity contribution >= 4 is 39.5 Å². The van der Waals surface area contributed by atoms with Gasteiger partial charge in [0.25, 0.3) is 0 Å². The van der Waals surface area contributed by atoms with Crippen LogP contribution in [-0.4, -0.2) is 96.7 Å². The number of carbonyl (C=O) groups excluding carboxylic acids is 4. The number of hydrogen-bond acceptors (Lipinski definition) is 15. The first-order valence-corrected chi connectivity index (χ1v) is 47.7. The minimum absolute atomic E-state index is 0.109. The first-order valence-electron chi connectivity index (χ1n) is 44.7. The van der Waals surface area contributed by atoms with E-state index in [1.807, 2.05) is 0 Å². The average molecular weight is 1540 g/mol. The fraction of sp³-hybridized carbons (Fsp3) is 0.953. The normalized spacial score (nSPS) is 14.0. The van der Waals surface area contributed by atoms with E-state index in [-0.39, 0.29) is 25.7 Å². The van der Waals surface area contributed by atoms with Gasteiger partial charge >= 0.3 is 39.5 Å². The summed E-state index contributed by atoms with van der Waals surface area (Å²) in [6, 6.07) is 0. The average Bonchev–Trinajstić information content (AvgIpc) is 1.41. The van der Waals surface area contributed by atoms with Gasteiger partial charge in [-0.05, 0) is 31.6 Å². The van der Waals surface area contributed by atoms with E-state index >= 15 is 0 Å². The molecule has 3 N–H and O–H groups in total. The third-order valence-electron chi connectivity index (χ3n) is 20.6. The summed E-state index contributed by atoms with van der Waals surface area (Å²) in [5.74, 6) is -1.25. The van der Waals surface area contributed by atoms with Crippen LogP contribution in [0.25, 0.3) is 0 Å². The number of hydrogen-bond donors (Lipinski definition) is 3. The number of phosphoric acid groups is 2. The van der Waals surface area contributed by atoms with Gasteiger partial charge in [0.2, 0.25) is 0 Å². The number of aliphatic hydroxyl groups is 1. The van der Waals surface area contributed by atoms with Crippen LogP contribution in [0, 0.1) is 5.92 Å². The van der Waals surface area contributed by atoms with Crippen LogP contribution in [0.1, 0.15) is 465 Å². The van der Waals surface area contributed by atoms with Crippen molar-refractivity contribution in [1.82, 2.24) is 0 Å². The third-order valence-corrected chi connectivity index (χ3v) is 22.5. The molecule has 17 nitrogen and oxygen atoms in total. The second kappa shape index (κ2) is 78.7. The summed E-state index contributed by atoms with van der Waals surface area (Å²) < 4.78 is 68.9. The number of carbonyl (C=O) groups is 4. The minimum Gasteiger partial charge on any atom is -0.462 e. The first kappa shape index (κ1) is 103. The molecule has 0 saturated heterocycles. The van der Waals surface area contributed by atoms with Gasteiger partial charge in [0.1, 0.15) is 19.3 Å². The summed E-state index contributed by atoms with van der Waals surface area (Å²) in [4.78, 5) is 73.2. The number of phosphoric ester groups is 2. The summed E-state index contributed by atoms with van der Waals surface area (Å²) in [5, 5.41) is 10.7. The van der Waals surface area contributed by atoms with Gasteiger partial charge in [0.15, 0.2) is 12.2 Å². The molecule has 0 rings (SSSR count). The number of aliphatic hydroxyl groups excluding tert-OH is 1. The third kappa shape index (κ3) is 78.5. The number of esters is 4. The Balaban J connectivity index is 5.24. The van der Waals surface area contributed by atoms with Crippen LogP contribution < -0.4 is 0 Å². The molecule has 3 unspecified atom stereocenters. The topological polar surface area (TPSA) is 237 Å². The van der Waals surface area contributed by atoms with Gasteiger partial charge in [-0.15, -0.1) is 0 Å². The van der Waals surface area contributed by atoms with Crippen LogP contribution in [-0.2, 0) is 65.4 Å². The Bertz CT molecular complexity index is 2000. The van der Waals surface area contributed by atoms with Crippen molar-refractivity contribution in [2.75, 3.05) is 39.6 Å². The Labute approximate surface area is 645 Å². The summed E-state index contributed by atoms with van der Waals surface area (Å²) in [5.41, 5.74) is 0. The van der Waals surface area contributed by atoms with Crippen LogP contribution in [0.5, 0.6) is 0 Å². The SMILES string of the molecule is CCCCCCCCCCCCCCCCCCCCCCCC(=O)O[C@H](COC(=O)CCCCCCCCCCCCCCCCC(C)CC)COP(=O)(O)OC[C@@H](O)COP(=O)(O)OC[C@@H](COC(=O)CCCCCCCCCCCCCCC)OC(=O)CCCCCCCCCCCCCCC. The smallest absolute Gasteiger partial charge is 0.462 e. The quantitative estimate of drug-likeness (QED) is 0.0222. The second-order valence-corrected chi connectivity index (χ2v) is 34.1. The molecule has 0 aromatic heterocycles. The number of rotatable bonds is 86. The van der Waals surface area contributed by atoms with E-state index in [1.165, 1.54) is 289 Å². The summed E-state index contributed by atoms with van der Waals surface area (Å²) >= 11 is 0. The summed E-state index contributed by atoms with van der Waals surface area (Å²) in [6.07, 6.45) is 72.0. The molecule has 0 bridgehead atoms. The van der Waals surface area contributed by atoms with Gasteiger partial charge < -0.3 is 33.8 Å². The monoisotopic (exact) mass is 1540 g/mol. The van der Waals surface area contributed by atoms with Crippen LogP contribution >= 0.6 is 15.6 Å². The molecule has 0 aliphatic carbocycles. The molecule has 0 spiro atoms. The van der Waals surface area contributed by atoms with Crippen molar-refractivity contribution in [3.63, 3.8) is 0 Å². The molecular weight excluding hydrogens is 1370 g/mol. The molecule has 105 heavy (non-hydrogen) atoms. The van der Waals surface area contributed by atoms with E-state index in [0.29, 0.717) is 25.7 Å². The molecule has 0 amide bonds. The van der Waals surface area contributed by atoms with E-state index < -0.39 is 97.5 Å². The van der Waals surface area contributed by atoms with Gasteiger partial charge in [-0.25, -0.2) is 9.13 Å². The second-order valence-electron chi connectivity index (χ2n) is 31.2. The molecular formula is C86H168O17P2. The largest absolute Gasteiger partial charge is 0.472 e. The highest BCUT2D eigenvalue weighted by molar-refractivity contribution is 7.47. The van der Waals surface area contributed by atoms with Crippen LogP contribution in [0.3, 0.4) is 0 Å². The summed E-state index contributed by atoms with van der Waals surface area (Å²) in [6.45, 7) is 7.42. The van der Waals surface area contributed by atoms with Crippen molar-refractivity contribution in [1.29, 1.82) is 0 Å². The molecule has 624 valence electrons. The molecule has 0 saturated carbocycles. The molecule has 0 radical (unpaired) electrons. The van der Waals surface area contributed by atoms with E-state index in [0.717, 1.165) is 95.8 Å². The Morgan fingerprint density at radius 3 is 0.676 bits per heavy atom. The van der Waals surface area contributed by atoms with Crippen molar-refractivity contribution < 1.29 is 80.2 Å². The standard InChI is InChI=1S/C86H168O17P2/c1-6-10-13-16-19-22-25-28-29-30-31-32-33-34-35-42-47-52-57-62-67-72-86(91)103-82(76-97-84(89)70-65-60-55-50-45-41-37-36-40-43-48-53-58-63-68-79(5)9-4)78-101-105(94,95)99-74-80(87)73-98-104(92,93)100-77-81(102-85(90)71-66-61-56-51-46-39-27-24-21-18-15-12-8-3)75-96-83(88)69-64-59-54-49-44-38-26-23-20-17-14-11-7-2/h79-82,87H,6-78H2,1-5H3,(H,92,93)(H,94,95)/t79?,80-,81+,82+/m0/s1. The molecule has 0 aliphatic rings. The highest BCUT2D eigenvalue weighted by atomic mass is 31.2. The number of unbranched alkanes of at least 4 members (excludes halogenated alkanes) is 57. The molecule has 19 heteroatoms. The van der Waals surface area contributed by atoms with E-state index in [2.05, 4.69) is 34.6 Å². The predicted octanol–water partition coefficient (Wildman–Crippen LogP) is 26.4. The lowest BCUT2D eigenvalue weighted by Crippen LogP contribution is -2.30. The van der Waals surface area contributed by atoms with Gasteiger partial charge in [-0.3, -0.25) is 37.3 Å². The molecule has 6 atom stereocenters. The molecule has 0 heterocycles. The lowest BCUT2D eigenvalue weighted by Gasteiger charge is -2.21. The van der Waals surface area contributed by atoms with Gasteiger partial charge in [-0.2, -0.15) is 0 Å². The van der Waals surface area contributed by atoms with Crippen molar-refractivity contribution in [2.24, 2.45) is 5.92 Å². The Kier molecular flexibility index (Phi) is 77.3. The molecule has 0 aromatic carbocycles. The highest BCUT2D eigenvalue weighted by Gasteiger charge is 2.30. The van der Waals surface area contributed by atoms with Crippen LogP contribution in [0.15, 0.2) is 0 Å². The van der Waals surface area contributed by atoms with Gasteiger partial charge in [-0.1, -0.05) is 413 Å². The fourth-order valence-electron chi connectivity index (χ4n) is 13.4. The zero-order chi connectivity index (χ0) is 76.9. The maximum absolute atomic E-state index is 13.2. The fourth-order valence-corrected chi connectivity index (χ4v) is 15.0. The Morgan fingerprint density at radius 1 is 0.267 bits per heavy atom. The highest BCUT2D eigenvalue weighted by Crippen LogP contribution is 2.45.